The number of aromatic nitrogens is 4. The molecular weight excluding hydrogens is 318 g/mol. The maximum absolute atomic E-state index is 12.5. The topological polar surface area (TPSA) is 85.0 Å². The Labute approximate surface area is 147 Å². The Hall–Kier alpha value is -2.31. The summed E-state index contributed by atoms with van der Waals surface area (Å²) >= 11 is 0. The molecule has 25 heavy (non-hydrogen) atoms. The van der Waals surface area contributed by atoms with E-state index in [2.05, 4.69) is 20.2 Å². The van der Waals surface area contributed by atoms with Gasteiger partial charge in [-0.2, -0.15) is 0 Å². The molecule has 7 heteroatoms. The van der Waals surface area contributed by atoms with Gasteiger partial charge < -0.3 is 9.32 Å². The minimum atomic E-state index is 0.121. The van der Waals surface area contributed by atoms with Crippen LogP contribution in [0.4, 0.5) is 0 Å². The van der Waals surface area contributed by atoms with E-state index in [4.69, 9.17) is 4.42 Å². The zero-order valence-electron chi connectivity index (χ0n) is 15.3. The average molecular weight is 343 g/mol. The summed E-state index contributed by atoms with van der Waals surface area (Å²) in [5, 5.41) is 8.01. The van der Waals surface area contributed by atoms with Crippen molar-refractivity contribution in [1.29, 1.82) is 0 Å². The number of nitrogens with zero attached hydrogens (tertiary/aromatic N) is 5. The van der Waals surface area contributed by atoms with Crippen molar-refractivity contribution in [2.75, 3.05) is 13.1 Å². The molecule has 0 bridgehead atoms. The Morgan fingerprint density at radius 3 is 2.64 bits per heavy atom. The third-order valence-electron chi connectivity index (χ3n) is 4.43. The van der Waals surface area contributed by atoms with Gasteiger partial charge in [-0.1, -0.05) is 13.8 Å². The first kappa shape index (κ1) is 17.5. The molecule has 2 aromatic rings. The summed E-state index contributed by atoms with van der Waals surface area (Å²) < 4.78 is 5.56. The van der Waals surface area contributed by atoms with Crippen molar-refractivity contribution in [3.8, 4) is 0 Å². The molecular formula is C18H25N5O2. The third-order valence-corrected chi connectivity index (χ3v) is 4.43. The lowest BCUT2D eigenvalue weighted by molar-refractivity contribution is -0.130. The maximum Gasteiger partial charge on any atom is 0.223 e. The fourth-order valence-electron chi connectivity index (χ4n) is 3.11. The summed E-state index contributed by atoms with van der Waals surface area (Å²) in [4.78, 5) is 23.4. The molecule has 1 aliphatic heterocycles. The fourth-order valence-corrected chi connectivity index (χ4v) is 3.11. The minimum Gasteiger partial charge on any atom is -0.425 e. The smallest absolute Gasteiger partial charge is 0.223 e. The van der Waals surface area contributed by atoms with Gasteiger partial charge in [0.1, 0.15) is 5.82 Å². The van der Waals surface area contributed by atoms with E-state index in [1.165, 1.54) is 0 Å². The Morgan fingerprint density at radius 1 is 1.28 bits per heavy atom. The van der Waals surface area contributed by atoms with Crippen LogP contribution in [0, 0.1) is 13.8 Å². The van der Waals surface area contributed by atoms with Crippen molar-refractivity contribution in [3.63, 3.8) is 0 Å². The van der Waals surface area contributed by atoms with Gasteiger partial charge in [-0.05, 0) is 26.3 Å². The first-order chi connectivity index (χ1) is 11.9. The number of rotatable bonds is 5. The number of hydrogen-bond donors (Lipinski definition) is 0. The molecule has 1 atom stereocenters. The number of amides is 1. The van der Waals surface area contributed by atoms with Crippen LogP contribution in [0.3, 0.4) is 0 Å². The average Bonchev–Trinajstić information content (AvgIpc) is 3.21. The molecule has 1 amide bonds. The number of carbonyl (C=O) groups is 1. The fraction of sp³-hybridized carbons (Fsp3) is 0.611. The molecule has 0 saturated carbocycles. The highest BCUT2D eigenvalue weighted by molar-refractivity contribution is 5.76. The minimum absolute atomic E-state index is 0.121. The molecule has 0 unspecified atom stereocenters. The van der Waals surface area contributed by atoms with Crippen molar-refractivity contribution in [1.82, 2.24) is 25.1 Å². The van der Waals surface area contributed by atoms with Crippen molar-refractivity contribution in [3.05, 3.63) is 35.1 Å². The van der Waals surface area contributed by atoms with Gasteiger partial charge in [0.15, 0.2) is 0 Å². The van der Waals surface area contributed by atoms with Gasteiger partial charge in [-0.25, -0.2) is 9.97 Å². The number of likely N-dealkylation sites (tertiary alicyclic amines) is 1. The third kappa shape index (κ3) is 4.21. The maximum atomic E-state index is 12.5. The number of carbonyl (C=O) groups excluding carboxylic acids is 1. The number of hydrogen-bond acceptors (Lipinski definition) is 6. The van der Waals surface area contributed by atoms with Crippen LogP contribution in [0.15, 0.2) is 10.5 Å². The molecule has 0 N–H and O–H groups in total. The van der Waals surface area contributed by atoms with Gasteiger partial charge in [-0.15, -0.1) is 10.2 Å². The van der Waals surface area contributed by atoms with E-state index in [9.17, 15) is 4.79 Å². The van der Waals surface area contributed by atoms with E-state index in [1.54, 1.807) is 0 Å². The highest BCUT2D eigenvalue weighted by Crippen LogP contribution is 2.25. The molecule has 2 aromatic heterocycles. The molecule has 3 rings (SSSR count). The first-order valence-electron chi connectivity index (χ1n) is 8.84. The SMILES string of the molecule is Cc1cc(C)nc([C@@H]2CCN(C(=O)CCc3nnc(C(C)C)o3)C2)n1. The van der Waals surface area contributed by atoms with Crippen LogP contribution in [0.5, 0.6) is 0 Å². The van der Waals surface area contributed by atoms with Crippen molar-refractivity contribution >= 4 is 5.91 Å². The van der Waals surface area contributed by atoms with Crippen LogP contribution in [-0.4, -0.2) is 44.1 Å². The van der Waals surface area contributed by atoms with E-state index < -0.39 is 0 Å². The van der Waals surface area contributed by atoms with Crippen molar-refractivity contribution in [2.24, 2.45) is 0 Å². The normalized spacial score (nSPS) is 17.5. The van der Waals surface area contributed by atoms with Crippen LogP contribution >= 0.6 is 0 Å². The van der Waals surface area contributed by atoms with E-state index in [-0.39, 0.29) is 17.7 Å². The summed E-state index contributed by atoms with van der Waals surface area (Å²) in [7, 11) is 0. The molecule has 0 spiro atoms. The van der Waals surface area contributed by atoms with Gasteiger partial charge >= 0.3 is 0 Å². The second kappa shape index (κ2) is 7.29. The van der Waals surface area contributed by atoms with Crippen molar-refractivity contribution < 1.29 is 9.21 Å². The lowest BCUT2D eigenvalue weighted by Gasteiger charge is -2.16. The van der Waals surface area contributed by atoms with E-state index in [0.717, 1.165) is 30.2 Å². The number of aryl methyl sites for hydroxylation is 3. The summed E-state index contributed by atoms with van der Waals surface area (Å²) in [5.74, 6) is 2.55. The van der Waals surface area contributed by atoms with Gasteiger partial charge in [0.25, 0.3) is 0 Å². The van der Waals surface area contributed by atoms with Crippen LogP contribution in [-0.2, 0) is 11.2 Å². The van der Waals surface area contributed by atoms with Gasteiger partial charge in [0, 0.05) is 49.2 Å². The first-order valence-corrected chi connectivity index (χ1v) is 8.84. The zero-order valence-corrected chi connectivity index (χ0v) is 15.3. The second-order valence-corrected chi connectivity index (χ2v) is 7.02. The predicted octanol–water partition coefficient (Wildman–Crippen LogP) is 2.55. The van der Waals surface area contributed by atoms with Gasteiger partial charge in [-0.3, -0.25) is 4.79 Å². The zero-order chi connectivity index (χ0) is 18.0. The summed E-state index contributed by atoms with van der Waals surface area (Å²) in [6, 6.07) is 1.97. The van der Waals surface area contributed by atoms with Crippen LogP contribution in [0.1, 0.15) is 67.5 Å². The molecule has 134 valence electrons. The van der Waals surface area contributed by atoms with Gasteiger partial charge in [0.05, 0.1) is 0 Å². The summed E-state index contributed by atoms with van der Waals surface area (Å²) in [6.45, 7) is 9.39. The molecule has 0 aromatic carbocycles. The standard InChI is InChI=1S/C18H25N5O2/c1-11(2)18-22-21-15(25-18)5-6-16(24)23-8-7-14(10-23)17-19-12(3)9-13(4)20-17/h9,11,14H,5-8,10H2,1-4H3/t14-/m1/s1. The highest BCUT2D eigenvalue weighted by Gasteiger charge is 2.29. The largest absolute Gasteiger partial charge is 0.425 e. The molecule has 1 aliphatic rings. The second-order valence-electron chi connectivity index (χ2n) is 7.02. The highest BCUT2D eigenvalue weighted by atomic mass is 16.4. The Bertz CT molecular complexity index is 735. The summed E-state index contributed by atoms with van der Waals surface area (Å²) in [6.07, 6.45) is 1.78. The van der Waals surface area contributed by atoms with Crippen LogP contribution in [0.2, 0.25) is 0 Å². The lowest BCUT2D eigenvalue weighted by Crippen LogP contribution is -2.28. The molecule has 3 heterocycles. The van der Waals surface area contributed by atoms with E-state index >= 15 is 0 Å². The molecule has 7 nitrogen and oxygen atoms in total. The Balaban J connectivity index is 1.55. The van der Waals surface area contributed by atoms with Crippen molar-refractivity contribution in [2.45, 2.75) is 58.8 Å². The van der Waals surface area contributed by atoms with Crippen LogP contribution in [0.25, 0.3) is 0 Å². The quantitative estimate of drug-likeness (QED) is 0.829. The molecule has 1 saturated heterocycles. The Kier molecular flexibility index (Phi) is 5.11. The predicted molar refractivity (Wildman–Crippen MR) is 92.2 cm³/mol. The summed E-state index contributed by atoms with van der Waals surface area (Å²) in [5.41, 5.74) is 1.95. The van der Waals surface area contributed by atoms with E-state index in [1.807, 2.05) is 38.7 Å². The lowest BCUT2D eigenvalue weighted by atomic mass is 10.1. The monoisotopic (exact) mass is 343 g/mol. The molecule has 1 fully saturated rings. The molecule has 0 aliphatic carbocycles. The van der Waals surface area contributed by atoms with E-state index in [0.29, 0.717) is 31.2 Å². The van der Waals surface area contributed by atoms with Gasteiger partial charge in [0.2, 0.25) is 17.7 Å². The Morgan fingerprint density at radius 2 is 2.00 bits per heavy atom. The van der Waals surface area contributed by atoms with Crippen LogP contribution < -0.4 is 0 Å². The molecule has 0 radical (unpaired) electrons.